The van der Waals surface area contributed by atoms with E-state index in [4.69, 9.17) is 5.73 Å². The highest BCUT2D eigenvalue weighted by Crippen LogP contribution is 2.30. The number of fused-ring (bicyclic) bond motifs is 1. The first-order valence-electron chi connectivity index (χ1n) is 13.2. The summed E-state index contributed by atoms with van der Waals surface area (Å²) >= 11 is 0. The molecule has 4 N–H and O–H groups in total. The van der Waals surface area contributed by atoms with Gasteiger partial charge in [0, 0.05) is 55.9 Å². The lowest BCUT2D eigenvalue weighted by Crippen LogP contribution is -2.47. The number of hydrogen-bond acceptors (Lipinski definition) is 9. The smallest absolute Gasteiger partial charge is 0.225 e. The standard InChI is InChI=1S/C28H31FN10O/c1-18(16-40)39-15-19(12-35-39)24-11-23-25(36-24)33-17-34-26(23)37-7-9-38(10-8-37)27-31-13-21(14-32-27)28(2,30)20-3-5-22(29)6-4-20/h3-6,11-15,17-18,40H,7-10,16,30H2,1-2H3,(H,33,34,36)/t18-,28-/m0/s1. The lowest BCUT2D eigenvalue weighted by molar-refractivity contribution is 0.230. The van der Waals surface area contributed by atoms with Crippen molar-refractivity contribution in [1.29, 1.82) is 0 Å². The fourth-order valence-electron chi connectivity index (χ4n) is 4.97. The quantitative estimate of drug-likeness (QED) is 0.283. The fourth-order valence-corrected chi connectivity index (χ4v) is 4.97. The number of benzene rings is 1. The van der Waals surface area contributed by atoms with Crippen molar-refractivity contribution < 1.29 is 9.50 Å². The summed E-state index contributed by atoms with van der Waals surface area (Å²) < 4.78 is 15.1. The summed E-state index contributed by atoms with van der Waals surface area (Å²) in [5, 5.41) is 14.7. The Bertz CT molecular complexity index is 1600. The Hall–Kier alpha value is -4.42. The van der Waals surface area contributed by atoms with E-state index in [2.05, 4.69) is 45.9 Å². The van der Waals surface area contributed by atoms with Crippen LogP contribution >= 0.6 is 0 Å². The molecule has 40 heavy (non-hydrogen) atoms. The second kappa shape index (κ2) is 10.3. The molecule has 2 atom stereocenters. The second-order valence-corrected chi connectivity index (χ2v) is 10.3. The molecule has 1 aliphatic rings. The number of nitrogens with zero attached hydrogens (tertiary/aromatic N) is 8. The maximum absolute atomic E-state index is 13.4. The van der Waals surface area contributed by atoms with Gasteiger partial charge in [-0.15, -0.1) is 0 Å². The number of nitrogens with one attached hydrogen (secondary N) is 1. The number of aromatic nitrogens is 7. The third kappa shape index (κ3) is 4.75. The molecule has 4 aromatic heterocycles. The third-order valence-electron chi connectivity index (χ3n) is 7.58. The number of aliphatic hydroxyl groups excluding tert-OH is 1. The lowest BCUT2D eigenvalue weighted by Gasteiger charge is -2.35. The first-order valence-corrected chi connectivity index (χ1v) is 13.2. The number of H-pyrrole nitrogens is 1. The van der Waals surface area contributed by atoms with Crippen LogP contribution in [0.15, 0.2) is 61.4 Å². The van der Waals surface area contributed by atoms with Crippen LogP contribution in [0, 0.1) is 5.82 Å². The molecule has 5 aromatic rings. The maximum atomic E-state index is 13.4. The topological polar surface area (TPSA) is 138 Å². The molecule has 206 valence electrons. The van der Waals surface area contributed by atoms with Gasteiger partial charge < -0.3 is 25.6 Å². The zero-order valence-corrected chi connectivity index (χ0v) is 22.4. The van der Waals surface area contributed by atoms with Gasteiger partial charge in [0.15, 0.2) is 0 Å². The number of aromatic amines is 1. The number of anilines is 2. The summed E-state index contributed by atoms with van der Waals surface area (Å²) in [5.41, 5.74) is 9.85. The summed E-state index contributed by atoms with van der Waals surface area (Å²) in [4.78, 5) is 26.0. The SMILES string of the molecule is C[C@@H](CO)n1cc(-c2cc3c(N4CCN(c5ncc([C@@](C)(N)c6ccc(F)cc6)cn5)CC4)ncnc3[nH]2)cn1. The van der Waals surface area contributed by atoms with Gasteiger partial charge in [-0.25, -0.2) is 24.3 Å². The Morgan fingerprint density at radius 3 is 2.40 bits per heavy atom. The normalized spacial score (nSPS) is 16.3. The molecule has 1 saturated heterocycles. The minimum absolute atomic E-state index is 0.0208. The Labute approximate surface area is 230 Å². The van der Waals surface area contributed by atoms with Crippen molar-refractivity contribution in [3.8, 4) is 11.3 Å². The predicted molar refractivity (Wildman–Crippen MR) is 150 cm³/mol. The highest BCUT2D eigenvalue weighted by atomic mass is 19.1. The van der Waals surface area contributed by atoms with Gasteiger partial charge in [0.25, 0.3) is 0 Å². The fraction of sp³-hybridized carbons (Fsp3) is 0.321. The monoisotopic (exact) mass is 542 g/mol. The molecule has 6 rings (SSSR count). The Balaban J connectivity index is 1.16. The average molecular weight is 543 g/mol. The molecule has 1 aromatic carbocycles. The van der Waals surface area contributed by atoms with Crippen LogP contribution in [0.1, 0.15) is 31.0 Å². The van der Waals surface area contributed by atoms with Crippen molar-refractivity contribution >= 4 is 22.8 Å². The van der Waals surface area contributed by atoms with Crippen LogP contribution in [0.4, 0.5) is 16.2 Å². The van der Waals surface area contributed by atoms with E-state index in [0.29, 0.717) is 5.95 Å². The van der Waals surface area contributed by atoms with Gasteiger partial charge in [0.1, 0.15) is 23.6 Å². The number of aliphatic hydroxyl groups is 1. The first-order chi connectivity index (χ1) is 19.3. The average Bonchev–Trinajstić information content (AvgIpc) is 3.65. The van der Waals surface area contributed by atoms with Gasteiger partial charge in [0.2, 0.25) is 5.95 Å². The molecule has 0 radical (unpaired) electrons. The van der Waals surface area contributed by atoms with E-state index in [1.165, 1.54) is 12.1 Å². The molecule has 0 aliphatic carbocycles. The van der Waals surface area contributed by atoms with Crippen molar-refractivity contribution in [2.24, 2.45) is 5.73 Å². The van der Waals surface area contributed by atoms with Gasteiger partial charge in [-0.3, -0.25) is 4.68 Å². The van der Waals surface area contributed by atoms with Crippen molar-refractivity contribution in [2.75, 3.05) is 42.6 Å². The lowest BCUT2D eigenvalue weighted by atomic mass is 9.87. The van der Waals surface area contributed by atoms with E-state index in [-0.39, 0.29) is 18.5 Å². The number of piperazine rings is 1. The van der Waals surface area contributed by atoms with Gasteiger partial charge in [0.05, 0.1) is 35.5 Å². The van der Waals surface area contributed by atoms with Gasteiger partial charge in [-0.05, 0) is 37.6 Å². The molecular weight excluding hydrogens is 511 g/mol. The molecule has 0 unspecified atom stereocenters. The van der Waals surface area contributed by atoms with E-state index in [1.54, 1.807) is 41.7 Å². The zero-order chi connectivity index (χ0) is 27.9. The summed E-state index contributed by atoms with van der Waals surface area (Å²) in [6, 6.07) is 8.13. The maximum Gasteiger partial charge on any atom is 0.225 e. The van der Waals surface area contributed by atoms with Crippen molar-refractivity contribution in [2.45, 2.75) is 25.4 Å². The van der Waals surface area contributed by atoms with Gasteiger partial charge in [-0.1, -0.05) is 12.1 Å². The molecule has 0 saturated carbocycles. The molecular formula is C28H31FN10O. The number of nitrogens with two attached hydrogens (primary N) is 1. The minimum atomic E-state index is -0.839. The van der Waals surface area contributed by atoms with E-state index in [0.717, 1.165) is 65.4 Å². The third-order valence-corrected chi connectivity index (χ3v) is 7.58. The Kier molecular flexibility index (Phi) is 6.64. The molecule has 1 fully saturated rings. The van der Waals surface area contributed by atoms with Crippen LogP contribution in [0.3, 0.4) is 0 Å². The van der Waals surface area contributed by atoms with Crippen LogP contribution < -0.4 is 15.5 Å². The Morgan fingerprint density at radius 2 is 1.70 bits per heavy atom. The number of hydrogen-bond donors (Lipinski definition) is 3. The summed E-state index contributed by atoms with van der Waals surface area (Å²) in [5.74, 6) is 1.22. The molecule has 0 bridgehead atoms. The van der Waals surface area contributed by atoms with Crippen molar-refractivity contribution in [1.82, 2.24) is 34.7 Å². The van der Waals surface area contributed by atoms with Crippen LogP contribution in [0.25, 0.3) is 22.3 Å². The summed E-state index contributed by atoms with van der Waals surface area (Å²) in [6.07, 6.45) is 8.76. The van der Waals surface area contributed by atoms with E-state index in [9.17, 15) is 9.50 Å². The van der Waals surface area contributed by atoms with Crippen LogP contribution in [0.5, 0.6) is 0 Å². The van der Waals surface area contributed by atoms with E-state index < -0.39 is 5.54 Å². The minimum Gasteiger partial charge on any atom is -0.394 e. The van der Waals surface area contributed by atoms with Crippen molar-refractivity contribution in [3.63, 3.8) is 0 Å². The molecule has 5 heterocycles. The van der Waals surface area contributed by atoms with Crippen molar-refractivity contribution in [3.05, 3.63) is 78.4 Å². The summed E-state index contributed by atoms with van der Waals surface area (Å²) in [6.45, 7) is 6.74. The largest absolute Gasteiger partial charge is 0.394 e. The Morgan fingerprint density at radius 1 is 1.00 bits per heavy atom. The van der Waals surface area contributed by atoms with Gasteiger partial charge in [-0.2, -0.15) is 5.10 Å². The predicted octanol–water partition coefficient (Wildman–Crippen LogP) is 2.85. The summed E-state index contributed by atoms with van der Waals surface area (Å²) in [7, 11) is 0. The molecule has 12 heteroatoms. The first kappa shape index (κ1) is 25.8. The van der Waals surface area contributed by atoms with Crippen LogP contribution in [-0.4, -0.2) is 72.6 Å². The number of rotatable bonds is 7. The van der Waals surface area contributed by atoms with Gasteiger partial charge >= 0.3 is 0 Å². The molecule has 1 aliphatic heterocycles. The number of halogens is 1. The zero-order valence-electron chi connectivity index (χ0n) is 22.4. The highest BCUT2D eigenvalue weighted by Gasteiger charge is 2.27. The van der Waals surface area contributed by atoms with Crippen LogP contribution in [0.2, 0.25) is 0 Å². The highest BCUT2D eigenvalue weighted by molar-refractivity contribution is 5.91. The molecule has 11 nitrogen and oxygen atoms in total. The van der Waals surface area contributed by atoms with Crippen LogP contribution in [-0.2, 0) is 5.54 Å². The second-order valence-electron chi connectivity index (χ2n) is 10.3. The molecule has 0 amide bonds. The molecule has 0 spiro atoms. The van der Waals surface area contributed by atoms with E-state index in [1.807, 2.05) is 20.0 Å². The van der Waals surface area contributed by atoms with E-state index >= 15 is 0 Å².